The molecule has 0 bridgehead atoms. The summed E-state index contributed by atoms with van der Waals surface area (Å²) in [4.78, 5) is 43.0. The molecule has 2 aromatic carbocycles. The second-order valence-electron chi connectivity index (χ2n) is 9.10. The molecule has 2 unspecified atom stereocenters. The highest BCUT2D eigenvalue weighted by Crippen LogP contribution is 2.41. The number of hydrogen-bond acceptors (Lipinski definition) is 6. The molecule has 8 nitrogen and oxygen atoms in total. The number of likely N-dealkylation sites (tertiary alicyclic amines) is 1. The van der Waals surface area contributed by atoms with E-state index in [-0.39, 0.29) is 5.78 Å². The highest BCUT2D eigenvalue weighted by molar-refractivity contribution is 6.44. The fourth-order valence-corrected chi connectivity index (χ4v) is 4.94. The van der Waals surface area contributed by atoms with Crippen LogP contribution in [0.2, 0.25) is 0 Å². The maximum Gasteiger partial charge on any atom is 0.291 e. The number of nitrogens with zero attached hydrogens (tertiary/aromatic N) is 1. The maximum absolute atomic E-state index is 13.6. The summed E-state index contributed by atoms with van der Waals surface area (Å²) < 4.78 is 16.2. The van der Waals surface area contributed by atoms with Crippen molar-refractivity contribution in [1.82, 2.24) is 4.90 Å². The van der Waals surface area contributed by atoms with Gasteiger partial charge in [-0.15, -0.1) is 0 Å². The van der Waals surface area contributed by atoms with E-state index in [9.17, 15) is 14.4 Å². The first kappa shape index (κ1) is 24.9. The largest absolute Gasteiger partial charge is 0.493 e. The van der Waals surface area contributed by atoms with Gasteiger partial charge in [-0.25, -0.2) is 0 Å². The number of nitrogens with one attached hydrogen (secondary N) is 1. The first-order valence-corrected chi connectivity index (χ1v) is 12.0. The van der Waals surface area contributed by atoms with Crippen LogP contribution in [0, 0.1) is 12.8 Å². The second-order valence-corrected chi connectivity index (χ2v) is 9.10. The number of morpholine rings is 1. The van der Waals surface area contributed by atoms with Gasteiger partial charge in [-0.1, -0.05) is 35.9 Å². The molecule has 2 saturated heterocycles. The van der Waals surface area contributed by atoms with E-state index in [4.69, 9.17) is 14.2 Å². The van der Waals surface area contributed by atoms with Gasteiger partial charge in [0.25, 0.3) is 5.91 Å². The summed E-state index contributed by atoms with van der Waals surface area (Å²) in [5.74, 6) is -1.70. The summed E-state index contributed by atoms with van der Waals surface area (Å²) in [6.07, 6.45) is 0.726. The van der Waals surface area contributed by atoms with Gasteiger partial charge in [-0.05, 0) is 24.6 Å². The molecular weight excluding hydrogens is 448 g/mol. The standard InChI is InChI=1S/C27H32N2O6/c1-18-5-7-19(8-6-18)25(30)23-24(20-9-10-21(33-2)22(17-20)34-3)29(27(32)26(23)31)12-4-11-28-13-15-35-16-14-28/h5-10,17,23-24H,4,11-16H2,1-3H3/p+1. The Kier molecular flexibility index (Phi) is 7.83. The van der Waals surface area contributed by atoms with E-state index in [1.807, 2.05) is 19.1 Å². The van der Waals surface area contributed by atoms with E-state index in [1.54, 1.807) is 42.3 Å². The van der Waals surface area contributed by atoms with Gasteiger partial charge in [0, 0.05) is 18.5 Å². The SMILES string of the molecule is COc1ccc(C2C(C(=O)c3ccc(C)cc3)C(=O)C(=O)N2CCC[NH+]2CCOCC2)cc1OC. The lowest BCUT2D eigenvalue weighted by molar-refractivity contribution is -0.908. The van der Waals surface area contributed by atoms with Crippen molar-refractivity contribution in [2.75, 3.05) is 53.6 Å². The molecule has 2 aromatic rings. The van der Waals surface area contributed by atoms with Crippen molar-refractivity contribution in [3.05, 3.63) is 59.2 Å². The van der Waals surface area contributed by atoms with Crippen LogP contribution in [0.3, 0.4) is 0 Å². The number of benzene rings is 2. The van der Waals surface area contributed by atoms with Crippen LogP contribution >= 0.6 is 0 Å². The third kappa shape index (κ3) is 5.23. The Hall–Kier alpha value is -3.23. The van der Waals surface area contributed by atoms with Gasteiger partial charge in [0.1, 0.15) is 19.0 Å². The number of quaternary nitrogens is 1. The minimum Gasteiger partial charge on any atom is -0.493 e. The van der Waals surface area contributed by atoms with E-state index in [0.717, 1.165) is 44.8 Å². The van der Waals surface area contributed by atoms with E-state index in [0.29, 0.717) is 29.2 Å². The smallest absolute Gasteiger partial charge is 0.291 e. The molecule has 2 heterocycles. The Morgan fingerprint density at radius 1 is 1.03 bits per heavy atom. The highest BCUT2D eigenvalue weighted by Gasteiger charge is 2.51. The topological polar surface area (TPSA) is 86.6 Å². The number of rotatable bonds is 9. The molecule has 2 atom stereocenters. The van der Waals surface area contributed by atoms with Gasteiger partial charge < -0.3 is 24.0 Å². The van der Waals surface area contributed by atoms with E-state index < -0.39 is 23.7 Å². The summed E-state index contributed by atoms with van der Waals surface area (Å²) >= 11 is 0. The molecule has 2 fully saturated rings. The summed E-state index contributed by atoms with van der Waals surface area (Å²) in [5.41, 5.74) is 2.11. The van der Waals surface area contributed by atoms with Crippen LogP contribution in [0.4, 0.5) is 0 Å². The van der Waals surface area contributed by atoms with Crippen LogP contribution in [0.5, 0.6) is 11.5 Å². The van der Waals surface area contributed by atoms with Gasteiger partial charge in [0.05, 0.1) is 40.0 Å². The van der Waals surface area contributed by atoms with E-state index >= 15 is 0 Å². The first-order valence-electron chi connectivity index (χ1n) is 12.0. The molecule has 8 heteroatoms. The quantitative estimate of drug-likeness (QED) is 0.330. The molecule has 0 saturated carbocycles. The normalized spacial score (nSPS) is 20.8. The summed E-state index contributed by atoms with van der Waals surface area (Å²) in [6.45, 7) is 6.53. The lowest BCUT2D eigenvalue weighted by Gasteiger charge is -2.29. The third-order valence-electron chi connectivity index (χ3n) is 6.90. The number of ketones is 2. The lowest BCUT2D eigenvalue weighted by atomic mass is 9.86. The van der Waals surface area contributed by atoms with Crippen molar-refractivity contribution in [1.29, 1.82) is 0 Å². The van der Waals surface area contributed by atoms with Crippen molar-refractivity contribution >= 4 is 17.5 Å². The Morgan fingerprint density at radius 3 is 2.37 bits per heavy atom. The fourth-order valence-electron chi connectivity index (χ4n) is 4.94. The minimum atomic E-state index is -1.11. The zero-order valence-electron chi connectivity index (χ0n) is 20.5. The summed E-state index contributed by atoms with van der Waals surface area (Å²) in [5, 5.41) is 0. The average Bonchev–Trinajstić information content (AvgIpc) is 3.14. The van der Waals surface area contributed by atoms with Crippen LogP contribution in [-0.2, 0) is 14.3 Å². The van der Waals surface area contributed by atoms with Crippen molar-refractivity contribution in [3.8, 4) is 11.5 Å². The van der Waals surface area contributed by atoms with Crippen molar-refractivity contribution in [2.24, 2.45) is 5.92 Å². The van der Waals surface area contributed by atoms with Crippen LogP contribution in [-0.4, -0.2) is 76.0 Å². The van der Waals surface area contributed by atoms with Crippen LogP contribution < -0.4 is 14.4 Å². The van der Waals surface area contributed by atoms with Crippen molar-refractivity contribution < 1.29 is 33.5 Å². The molecular formula is C27H33N2O6+. The van der Waals surface area contributed by atoms with Gasteiger partial charge >= 0.3 is 0 Å². The van der Waals surface area contributed by atoms with Crippen LogP contribution in [0.1, 0.15) is 33.9 Å². The van der Waals surface area contributed by atoms with Gasteiger partial charge in [-0.2, -0.15) is 0 Å². The van der Waals surface area contributed by atoms with Gasteiger partial charge in [-0.3, -0.25) is 14.4 Å². The molecule has 186 valence electrons. The highest BCUT2D eigenvalue weighted by atomic mass is 16.5. The molecule has 2 aliphatic heterocycles. The van der Waals surface area contributed by atoms with Crippen molar-refractivity contribution in [3.63, 3.8) is 0 Å². The summed E-state index contributed by atoms with van der Waals surface area (Å²) in [7, 11) is 3.08. The molecule has 2 aliphatic rings. The number of methoxy groups -OCH3 is 2. The average molecular weight is 482 g/mol. The number of aryl methyl sites for hydroxylation is 1. The number of Topliss-reactive ketones (excluding diaryl/α,β-unsaturated/α-hetero) is 2. The first-order chi connectivity index (χ1) is 16.9. The Bertz CT molecular complexity index is 1080. The Balaban J connectivity index is 1.66. The zero-order valence-corrected chi connectivity index (χ0v) is 20.5. The zero-order chi connectivity index (χ0) is 24.9. The molecule has 0 radical (unpaired) electrons. The molecule has 4 rings (SSSR count). The van der Waals surface area contributed by atoms with Crippen LogP contribution in [0.25, 0.3) is 0 Å². The number of ether oxygens (including phenoxy) is 3. The summed E-state index contributed by atoms with van der Waals surface area (Å²) in [6, 6.07) is 11.7. The predicted octanol–water partition coefficient (Wildman–Crippen LogP) is 1.27. The fraction of sp³-hybridized carbons (Fsp3) is 0.444. The maximum atomic E-state index is 13.6. The predicted molar refractivity (Wildman–Crippen MR) is 129 cm³/mol. The Morgan fingerprint density at radius 2 is 1.71 bits per heavy atom. The lowest BCUT2D eigenvalue weighted by Crippen LogP contribution is -3.14. The van der Waals surface area contributed by atoms with Crippen LogP contribution in [0.15, 0.2) is 42.5 Å². The molecule has 0 aliphatic carbocycles. The van der Waals surface area contributed by atoms with E-state index in [1.165, 1.54) is 12.0 Å². The van der Waals surface area contributed by atoms with Gasteiger partial charge in [0.15, 0.2) is 17.3 Å². The third-order valence-corrected chi connectivity index (χ3v) is 6.90. The molecule has 1 amide bonds. The van der Waals surface area contributed by atoms with Crippen molar-refractivity contribution in [2.45, 2.75) is 19.4 Å². The molecule has 35 heavy (non-hydrogen) atoms. The Labute approximate surface area is 205 Å². The number of carbonyl (C=O) groups is 3. The number of hydrogen-bond donors (Lipinski definition) is 1. The molecule has 0 aromatic heterocycles. The monoisotopic (exact) mass is 481 g/mol. The van der Waals surface area contributed by atoms with E-state index in [2.05, 4.69) is 0 Å². The van der Waals surface area contributed by atoms with Gasteiger partial charge in [0.2, 0.25) is 5.78 Å². The second kappa shape index (κ2) is 11.0. The number of carbonyl (C=O) groups excluding carboxylic acids is 3. The molecule has 1 N–H and O–H groups in total. The minimum absolute atomic E-state index is 0.343. The number of amides is 1. The molecule has 0 spiro atoms.